The molecular formula is C28H34N4O. The number of fused-ring (bicyclic) bond motifs is 1. The molecule has 0 unspecified atom stereocenters. The monoisotopic (exact) mass is 442 g/mol. The van der Waals surface area contributed by atoms with Crippen LogP contribution in [0.1, 0.15) is 53.6 Å². The second-order valence-corrected chi connectivity index (χ2v) is 8.65. The molecule has 5 heteroatoms. The first-order valence-corrected chi connectivity index (χ1v) is 12.1. The van der Waals surface area contributed by atoms with Crippen LogP contribution in [0.5, 0.6) is 0 Å². The summed E-state index contributed by atoms with van der Waals surface area (Å²) in [6.07, 6.45) is 10.1. The summed E-state index contributed by atoms with van der Waals surface area (Å²) in [5.41, 5.74) is 5.19. The van der Waals surface area contributed by atoms with Gasteiger partial charge in [-0.3, -0.25) is 9.78 Å². The van der Waals surface area contributed by atoms with Crippen molar-refractivity contribution in [2.24, 2.45) is 0 Å². The molecule has 1 amide bonds. The van der Waals surface area contributed by atoms with Gasteiger partial charge in [-0.1, -0.05) is 49.6 Å². The molecule has 0 spiro atoms. The summed E-state index contributed by atoms with van der Waals surface area (Å²) in [6.45, 7) is 3.35. The Morgan fingerprint density at radius 2 is 1.82 bits per heavy atom. The van der Waals surface area contributed by atoms with E-state index in [4.69, 9.17) is 0 Å². The lowest BCUT2D eigenvalue weighted by Crippen LogP contribution is -2.33. The van der Waals surface area contributed by atoms with Gasteiger partial charge in [-0.15, -0.1) is 0 Å². The number of carbonyl (C=O) groups excluding carboxylic acids is 1. The lowest BCUT2D eigenvalue weighted by Gasteiger charge is -2.27. The van der Waals surface area contributed by atoms with Crippen molar-refractivity contribution in [3.63, 3.8) is 0 Å². The van der Waals surface area contributed by atoms with E-state index < -0.39 is 0 Å². The van der Waals surface area contributed by atoms with E-state index in [2.05, 4.69) is 58.1 Å². The highest BCUT2D eigenvalue weighted by atomic mass is 16.2. The van der Waals surface area contributed by atoms with E-state index in [9.17, 15) is 4.79 Å². The van der Waals surface area contributed by atoms with E-state index in [1.807, 2.05) is 23.1 Å². The number of nitrogens with one attached hydrogen (secondary N) is 2. The van der Waals surface area contributed by atoms with E-state index in [-0.39, 0.29) is 5.91 Å². The summed E-state index contributed by atoms with van der Waals surface area (Å²) >= 11 is 0. The Balaban J connectivity index is 1.55. The molecule has 2 aromatic carbocycles. The molecule has 0 atom stereocenters. The van der Waals surface area contributed by atoms with Crippen molar-refractivity contribution < 1.29 is 4.79 Å². The van der Waals surface area contributed by atoms with Gasteiger partial charge in [0.1, 0.15) is 0 Å². The highest BCUT2D eigenvalue weighted by Crippen LogP contribution is 2.27. The molecule has 0 aliphatic carbocycles. The number of aromatic nitrogens is 1. The van der Waals surface area contributed by atoms with Gasteiger partial charge in [0.2, 0.25) is 0 Å². The van der Waals surface area contributed by atoms with E-state index in [1.165, 1.54) is 24.8 Å². The predicted octanol–water partition coefficient (Wildman–Crippen LogP) is 5.44. The van der Waals surface area contributed by atoms with Crippen LogP contribution in [-0.4, -0.2) is 30.5 Å². The molecule has 0 bridgehead atoms. The molecule has 172 valence electrons. The Labute approximate surface area is 197 Å². The summed E-state index contributed by atoms with van der Waals surface area (Å²) in [4.78, 5) is 19.6. The molecule has 0 saturated carbocycles. The second-order valence-electron chi connectivity index (χ2n) is 8.65. The minimum absolute atomic E-state index is 0.0196. The van der Waals surface area contributed by atoms with Crippen LogP contribution >= 0.6 is 0 Å². The van der Waals surface area contributed by atoms with Crippen molar-refractivity contribution in [2.45, 2.75) is 45.1 Å². The van der Waals surface area contributed by atoms with Crippen LogP contribution in [0.15, 0.2) is 73.1 Å². The van der Waals surface area contributed by atoms with Crippen molar-refractivity contribution >= 4 is 17.3 Å². The zero-order valence-corrected chi connectivity index (χ0v) is 19.3. The lowest BCUT2D eigenvalue weighted by atomic mass is 10.1. The molecular weight excluding hydrogens is 408 g/mol. The number of anilines is 2. The van der Waals surface area contributed by atoms with Gasteiger partial charge in [0.25, 0.3) is 5.91 Å². The number of carbonyl (C=O) groups is 1. The zero-order valence-electron chi connectivity index (χ0n) is 19.3. The third kappa shape index (κ3) is 6.65. The summed E-state index contributed by atoms with van der Waals surface area (Å²) in [5.74, 6) is 0.0196. The number of rotatable bonds is 5. The fourth-order valence-electron chi connectivity index (χ4n) is 4.35. The maximum atomic E-state index is 13.4. The van der Waals surface area contributed by atoms with Crippen LogP contribution in [0.4, 0.5) is 11.4 Å². The fraction of sp³-hybridized carbons (Fsp3) is 0.357. The molecule has 1 aromatic heterocycles. The highest BCUT2D eigenvalue weighted by Gasteiger charge is 2.21. The van der Waals surface area contributed by atoms with Gasteiger partial charge in [-0.2, -0.15) is 0 Å². The van der Waals surface area contributed by atoms with Crippen molar-refractivity contribution in [1.29, 1.82) is 0 Å². The normalized spacial score (nSPS) is 15.1. The summed E-state index contributed by atoms with van der Waals surface area (Å²) < 4.78 is 0. The van der Waals surface area contributed by atoms with Crippen LogP contribution in [-0.2, 0) is 13.0 Å². The number of hydrogen-bond donors (Lipinski definition) is 2. The number of benzene rings is 2. The molecule has 5 nitrogen and oxygen atoms in total. The maximum Gasteiger partial charge on any atom is 0.259 e. The first-order valence-electron chi connectivity index (χ1n) is 12.1. The van der Waals surface area contributed by atoms with Gasteiger partial charge in [0, 0.05) is 43.4 Å². The minimum atomic E-state index is 0.0196. The Morgan fingerprint density at radius 3 is 2.67 bits per heavy atom. The minimum Gasteiger partial charge on any atom is -0.385 e. The number of nitrogens with zero attached hydrogens (tertiary/aromatic N) is 2. The van der Waals surface area contributed by atoms with Crippen molar-refractivity contribution in [2.75, 3.05) is 29.9 Å². The van der Waals surface area contributed by atoms with E-state index in [0.29, 0.717) is 5.56 Å². The molecule has 2 heterocycles. The van der Waals surface area contributed by atoms with Gasteiger partial charge in [0.05, 0.1) is 5.56 Å². The summed E-state index contributed by atoms with van der Waals surface area (Å²) in [6, 6.07) is 20.6. The third-order valence-electron chi connectivity index (χ3n) is 6.16. The van der Waals surface area contributed by atoms with E-state index >= 15 is 0 Å². The summed E-state index contributed by atoms with van der Waals surface area (Å²) in [7, 11) is 0. The van der Waals surface area contributed by atoms with Crippen molar-refractivity contribution in [3.8, 4) is 0 Å². The number of amides is 1. The van der Waals surface area contributed by atoms with Crippen molar-refractivity contribution in [3.05, 3.63) is 89.7 Å². The largest absolute Gasteiger partial charge is 0.385 e. The molecule has 0 radical (unpaired) electrons. The Morgan fingerprint density at radius 1 is 0.970 bits per heavy atom. The van der Waals surface area contributed by atoms with E-state index in [0.717, 1.165) is 62.4 Å². The van der Waals surface area contributed by atoms with Crippen molar-refractivity contribution in [1.82, 2.24) is 10.3 Å². The third-order valence-corrected chi connectivity index (χ3v) is 6.16. The molecule has 0 saturated heterocycles. The number of hydrogen-bond acceptors (Lipinski definition) is 4. The average Bonchev–Trinajstić information content (AvgIpc) is 2.86. The molecule has 33 heavy (non-hydrogen) atoms. The van der Waals surface area contributed by atoms with Crippen LogP contribution in [0.25, 0.3) is 0 Å². The quantitative estimate of drug-likeness (QED) is 0.553. The Hall–Kier alpha value is -3.18. The molecule has 3 aromatic rings. The maximum absolute atomic E-state index is 13.4. The van der Waals surface area contributed by atoms with Crippen LogP contribution in [0.2, 0.25) is 0 Å². The van der Waals surface area contributed by atoms with Crippen LogP contribution in [0.3, 0.4) is 0 Å². The van der Waals surface area contributed by atoms with Crippen LogP contribution in [0, 0.1) is 0 Å². The van der Waals surface area contributed by atoms with Gasteiger partial charge in [-0.25, -0.2) is 0 Å². The highest BCUT2D eigenvalue weighted by molar-refractivity contribution is 6.06. The molecule has 2 N–H and O–H groups in total. The first-order chi connectivity index (χ1) is 16.3. The molecule has 4 rings (SSSR count). The Bertz CT molecular complexity index is 1010. The first kappa shape index (κ1) is 23.0. The summed E-state index contributed by atoms with van der Waals surface area (Å²) in [5, 5.41) is 7.15. The average molecular weight is 443 g/mol. The topological polar surface area (TPSA) is 57.3 Å². The van der Waals surface area contributed by atoms with Gasteiger partial charge in [0.15, 0.2) is 0 Å². The van der Waals surface area contributed by atoms with Gasteiger partial charge < -0.3 is 15.5 Å². The standard InChI is InChI=1S/C28H34N4O/c33-28(24-12-9-17-30-21-24)32-19-8-3-1-2-7-16-29-22-25-20-26(13-14-27(25)32)31-18-15-23-10-5-4-6-11-23/h4-6,9-14,17,20-21,29,31H,1-3,7-8,15-16,18-19,22H2. The predicted molar refractivity (Wildman–Crippen MR) is 136 cm³/mol. The zero-order chi connectivity index (χ0) is 22.7. The Kier molecular flexibility index (Phi) is 8.48. The van der Waals surface area contributed by atoms with Gasteiger partial charge in [-0.05, 0) is 67.3 Å². The lowest BCUT2D eigenvalue weighted by molar-refractivity contribution is 0.0986. The molecule has 1 aliphatic heterocycles. The van der Waals surface area contributed by atoms with Crippen LogP contribution < -0.4 is 15.5 Å². The SMILES string of the molecule is O=C(c1cccnc1)N1CCCCCCCNCc2cc(NCCc3ccccc3)ccc21. The van der Waals surface area contributed by atoms with Gasteiger partial charge >= 0.3 is 0 Å². The molecule has 0 fully saturated rings. The van der Waals surface area contributed by atoms with E-state index in [1.54, 1.807) is 12.4 Å². The molecule has 1 aliphatic rings. The number of pyridine rings is 1. The smallest absolute Gasteiger partial charge is 0.259 e. The second kappa shape index (κ2) is 12.2. The fourth-order valence-corrected chi connectivity index (χ4v) is 4.35.